The fourth-order valence-corrected chi connectivity index (χ4v) is 2.14. The Morgan fingerprint density at radius 2 is 1.52 bits per heavy atom. The van der Waals surface area contributed by atoms with Crippen LogP contribution in [-0.2, 0) is 0 Å². The molecule has 0 aromatic heterocycles. The molecule has 0 radical (unpaired) electrons. The summed E-state index contributed by atoms with van der Waals surface area (Å²) in [6.07, 6.45) is -0.520. The first-order valence-corrected chi connectivity index (χ1v) is 7.26. The Labute approximate surface area is 126 Å². The number of methoxy groups -OCH3 is 1. The van der Waals surface area contributed by atoms with Crippen LogP contribution in [0.25, 0.3) is 0 Å². The average molecular weight is 285 g/mol. The second-order valence-electron chi connectivity index (χ2n) is 5.45. The molecule has 0 spiro atoms. The van der Waals surface area contributed by atoms with E-state index in [0.29, 0.717) is 12.5 Å². The number of hydrogen-bond acceptors (Lipinski definition) is 3. The molecule has 2 N–H and O–H groups in total. The van der Waals surface area contributed by atoms with Crippen molar-refractivity contribution < 1.29 is 9.84 Å². The van der Waals surface area contributed by atoms with E-state index in [9.17, 15) is 5.11 Å². The van der Waals surface area contributed by atoms with Crippen LogP contribution in [0.3, 0.4) is 0 Å². The standard InChI is InChI=1S/C18H23NO2/c1-13(2)14-4-6-15(7-5-14)18(20)12-19-16-8-10-17(21-3)11-9-16/h4-11,13,18-20H,12H2,1-3H3. The molecule has 1 unspecified atom stereocenters. The van der Waals surface area contributed by atoms with Crippen LogP contribution in [0, 0.1) is 0 Å². The zero-order valence-electron chi connectivity index (χ0n) is 12.8. The highest BCUT2D eigenvalue weighted by Crippen LogP contribution is 2.20. The van der Waals surface area contributed by atoms with Crippen molar-refractivity contribution in [1.29, 1.82) is 0 Å². The second-order valence-corrected chi connectivity index (χ2v) is 5.45. The van der Waals surface area contributed by atoms with E-state index in [1.54, 1.807) is 7.11 Å². The lowest BCUT2D eigenvalue weighted by Crippen LogP contribution is -2.12. The number of rotatable bonds is 6. The van der Waals surface area contributed by atoms with Gasteiger partial charge in [-0.1, -0.05) is 38.1 Å². The molecule has 0 saturated carbocycles. The van der Waals surface area contributed by atoms with Gasteiger partial charge in [-0.3, -0.25) is 0 Å². The fraction of sp³-hybridized carbons (Fsp3) is 0.333. The van der Waals surface area contributed by atoms with E-state index < -0.39 is 6.10 Å². The summed E-state index contributed by atoms with van der Waals surface area (Å²) < 4.78 is 5.12. The van der Waals surface area contributed by atoms with Crippen molar-refractivity contribution in [3.05, 3.63) is 59.7 Å². The molecule has 1 atom stereocenters. The molecule has 2 rings (SSSR count). The van der Waals surface area contributed by atoms with E-state index in [4.69, 9.17) is 4.74 Å². The first-order valence-electron chi connectivity index (χ1n) is 7.26. The van der Waals surface area contributed by atoms with Crippen LogP contribution in [0.2, 0.25) is 0 Å². The van der Waals surface area contributed by atoms with Crippen molar-refractivity contribution in [2.24, 2.45) is 0 Å². The lowest BCUT2D eigenvalue weighted by molar-refractivity contribution is 0.191. The molecule has 3 nitrogen and oxygen atoms in total. The molecule has 0 fully saturated rings. The summed E-state index contributed by atoms with van der Waals surface area (Å²) in [5, 5.41) is 13.5. The van der Waals surface area contributed by atoms with E-state index in [2.05, 4.69) is 31.3 Å². The van der Waals surface area contributed by atoms with Crippen molar-refractivity contribution in [1.82, 2.24) is 0 Å². The number of aliphatic hydroxyl groups is 1. The highest BCUT2D eigenvalue weighted by molar-refractivity contribution is 5.46. The van der Waals surface area contributed by atoms with Crippen molar-refractivity contribution in [2.75, 3.05) is 19.0 Å². The van der Waals surface area contributed by atoms with Gasteiger partial charge in [0.2, 0.25) is 0 Å². The number of ether oxygens (including phenoxy) is 1. The van der Waals surface area contributed by atoms with Crippen LogP contribution < -0.4 is 10.1 Å². The monoisotopic (exact) mass is 285 g/mol. The van der Waals surface area contributed by atoms with Gasteiger partial charge in [-0.2, -0.15) is 0 Å². The maximum absolute atomic E-state index is 10.2. The lowest BCUT2D eigenvalue weighted by Gasteiger charge is -2.14. The zero-order chi connectivity index (χ0) is 15.2. The quantitative estimate of drug-likeness (QED) is 0.844. The third-order valence-corrected chi connectivity index (χ3v) is 3.58. The molecule has 2 aromatic rings. The van der Waals surface area contributed by atoms with Gasteiger partial charge in [-0.15, -0.1) is 0 Å². The smallest absolute Gasteiger partial charge is 0.119 e. The largest absolute Gasteiger partial charge is 0.497 e. The number of hydrogen-bond donors (Lipinski definition) is 2. The highest BCUT2D eigenvalue weighted by Gasteiger charge is 2.08. The number of nitrogens with one attached hydrogen (secondary N) is 1. The summed E-state index contributed by atoms with van der Waals surface area (Å²) in [4.78, 5) is 0. The molecule has 0 heterocycles. The minimum atomic E-state index is -0.520. The maximum Gasteiger partial charge on any atom is 0.119 e. The van der Waals surface area contributed by atoms with Gasteiger partial charge in [0.25, 0.3) is 0 Å². The van der Waals surface area contributed by atoms with E-state index in [0.717, 1.165) is 17.0 Å². The van der Waals surface area contributed by atoms with Crippen molar-refractivity contribution >= 4 is 5.69 Å². The molecular formula is C18H23NO2. The van der Waals surface area contributed by atoms with Gasteiger partial charge in [0.1, 0.15) is 5.75 Å². The highest BCUT2D eigenvalue weighted by atomic mass is 16.5. The maximum atomic E-state index is 10.2. The molecule has 112 valence electrons. The molecule has 0 aliphatic carbocycles. The van der Waals surface area contributed by atoms with E-state index >= 15 is 0 Å². The molecule has 0 bridgehead atoms. The molecule has 0 aliphatic heterocycles. The lowest BCUT2D eigenvalue weighted by atomic mass is 10.00. The van der Waals surface area contributed by atoms with Gasteiger partial charge >= 0.3 is 0 Å². The van der Waals surface area contributed by atoms with Gasteiger partial charge in [0.05, 0.1) is 13.2 Å². The van der Waals surface area contributed by atoms with Gasteiger partial charge in [0, 0.05) is 12.2 Å². The zero-order valence-corrected chi connectivity index (χ0v) is 12.8. The summed E-state index contributed by atoms with van der Waals surface area (Å²) in [7, 11) is 1.65. The van der Waals surface area contributed by atoms with Crippen LogP contribution in [0.4, 0.5) is 5.69 Å². The summed E-state index contributed by atoms with van der Waals surface area (Å²) >= 11 is 0. The summed E-state index contributed by atoms with van der Waals surface area (Å²) in [6.45, 7) is 4.81. The third-order valence-electron chi connectivity index (χ3n) is 3.58. The predicted octanol–water partition coefficient (Wildman–Crippen LogP) is 3.96. The predicted molar refractivity (Wildman–Crippen MR) is 87.0 cm³/mol. The Bertz CT molecular complexity index is 546. The van der Waals surface area contributed by atoms with Gasteiger partial charge < -0.3 is 15.2 Å². The molecule has 0 amide bonds. The number of benzene rings is 2. The van der Waals surface area contributed by atoms with E-state index in [-0.39, 0.29) is 0 Å². The topological polar surface area (TPSA) is 41.5 Å². The van der Waals surface area contributed by atoms with E-state index in [1.807, 2.05) is 36.4 Å². The first-order chi connectivity index (χ1) is 10.1. The number of aliphatic hydroxyl groups excluding tert-OH is 1. The summed E-state index contributed by atoms with van der Waals surface area (Å²) in [5.41, 5.74) is 3.18. The molecule has 2 aromatic carbocycles. The SMILES string of the molecule is COc1ccc(NCC(O)c2ccc(C(C)C)cc2)cc1. The Kier molecular flexibility index (Phi) is 5.23. The first kappa shape index (κ1) is 15.4. The number of anilines is 1. The van der Waals surface area contributed by atoms with Gasteiger partial charge in [-0.25, -0.2) is 0 Å². The Hall–Kier alpha value is -2.00. The minimum Gasteiger partial charge on any atom is -0.497 e. The van der Waals surface area contributed by atoms with Crippen LogP contribution in [0.15, 0.2) is 48.5 Å². The molecular weight excluding hydrogens is 262 g/mol. The normalized spacial score (nSPS) is 12.2. The third kappa shape index (κ3) is 4.23. The van der Waals surface area contributed by atoms with Crippen LogP contribution in [0.5, 0.6) is 5.75 Å². The Morgan fingerprint density at radius 3 is 2.05 bits per heavy atom. The molecule has 21 heavy (non-hydrogen) atoms. The summed E-state index contributed by atoms with van der Waals surface area (Å²) in [5.74, 6) is 1.33. The van der Waals surface area contributed by atoms with Gasteiger partial charge in [0.15, 0.2) is 0 Å². The van der Waals surface area contributed by atoms with Crippen LogP contribution >= 0.6 is 0 Å². The summed E-state index contributed by atoms with van der Waals surface area (Å²) in [6, 6.07) is 15.8. The molecule has 0 aliphatic rings. The molecule has 3 heteroatoms. The van der Waals surface area contributed by atoms with Crippen LogP contribution in [-0.4, -0.2) is 18.8 Å². The minimum absolute atomic E-state index is 0.480. The van der Waals surface area contributed by atoms with Gasteiger partial charge in [-0.05, 0) is 41.3 Å². The van der Waals surface area contributed by atoms with Crippen LogP contribution in [0.1, 0.15) is 37.0 Å². The Balaban J connectivity index is 1.92. The average Bonchev–Trinajstić information content (AvgIpc) is 2.53. The fourth-order valence-electron chi connectivity index (χ4n) is 2.14. The second kappa shape index (κ2) is 7.14. The van der Waals surface area contributed by atoms with E-state index in [1.165, 1.54) is 5.56 Å². The van der Waals surface area contributed by atoms with Crippen molar-refractivity contribution in [2.45, 2.75) is 25.9 Å². The van der Waals surface area contributed by atoms with Crippen molar-refractivity contribution in [3.63, 3.8) is 0 Å². The molecule has 0 saturated heterocycles. The Morgan fingerprint density at radius 1 is 0.952 bits per heavy atom. The van der Waals surface area contributed by atoms with Crippen molar-refractivity contribution in [3.8, 4) is 5.75 Å².